The smallest absolute Gasteiger partial charge is 0.426 e. The van der Waals surface area contributed by atoms with E-state index in [1.165, 1.54) is 0 Å². The fourth-order valence-corrected chi connectivity index (χ4v) is 202. The minimum absolute atomic E-state index is 0.195. The van der Waals surface area contributed by atoms with Crippen molar-refractivity contribution in [2.45, 2.75) is 77.0 Å². The Bertz CT molecular complexity index is 1390. The van der Waals surface area contributed by atoms with E-state index >= 15 is 0 Å². The van der Waals surface area contributed by atoms with Gasteiger partial charge in [0.05, 0.1) is 41.4 Å². The average molecular weight is 1360 g/mol. The van der Waals surface area contributed by atoms with Gasteiger partial charge in [-0.05, 0) is 97.2 Å². The summed E-state index contributed by atoms with van der Waals surface area (Å²) in [6.45, 7) is 9.56. The molecule has 7 nitrogen and oxygen atoms in total. The highest BCUT2D eigenvalue weighted by atomic mass is 33.2. The first kappa shape index (κ1) is 63.8. The van der Waals surface area contributed by atoms with Gasteiger partial charge in [0.1, 0.15) is 6.10 Å². The molecule has 28 atom stereocenters. The predicted octanol–water partition coefficient (Wildman–Crippen LogP) is 20.2. The molecule has 0 spiro atoms. The summed E-state index contributed by atoms with van der Waals surface area (Å²) < 4.78 is 34.7. The van der Waals surface area contributed by atoms with Gasteiger partial charge in [0.2, 0.25) is 0 Å². The van der Waals surface area contributed by atoms with Gasteiger partial charge in [0.15, 0.2) is 11.7 Å². The first-order chi connectivity index (χ1) is 26.8. The molecule has 1 aliphatic heterocycles. The third kappa shape index (κ3) is 16.3. The predicted molar refractivity (Wildman–Crippen MR) is 352 cm³/mol. The van der Waals surface area contributed by atoms with Crippen LogP contribution in [0.5, 0.6) is 0 Å². The van der Waals surface area contributed by atoms with Crippen LogP contribution in [0.4, 0.5) is 4.79 Å². The minimum Gasteiger partial charge on any atom is -0.426 e. The van der Waals surface area contributed by atoms with Crippen molar-refractivity contribution < 1.29 is 32.9 Å². The molecule has 0 aromatic heterocycles. The lowest BCUT2D eigenvalue weighted by Crippen LogP contribution is -2.63. The van der Waals surface area contributed by atoms with E-state index in [0.717, 1.165) is 16.7 Å². The number of ether oxygens (including phenoxy) is 2. The number of aliphatic hydroxyl groups is 1. The monoisotopic (exact) mass is 1360 g/mol. The van der Waals surface area contributed by atoms with Gasteiger partial charge < -0.3 is 28.2 Å². The Morgan fingerprint density at radius 2 is 1.40 bits per heavy atom. The molecule has 3 rings (SSSR count). The molecule has 0 aromatic rings. The fraction of sp³-hybridized carbons (Fsp3) is 0.762. The summed E-state index contributed by atoms with van der Waals surface area (Å²) in [6.07, 6.45) is -1.32. The molecular weight excluding hydrogens is 1290 g/mol. The summed E-state index contributed by atoms with van der Waals surface area (Å²) >= 11 is 0. The van der Waals surface area contributed by atoms with Gasteiger partial charge in [-0.25, -0.2) is 4.79 Å². The molecule has 58 heavy (non-hydrogen) atoms. The molecule has 1 heterocycles. The molecule has 0 aromatic carbocycles. The second-order valence-electron chi connectivity index (χ2n) is 13.7. The summed E-state index contributed by atoms with van der Waals surface area (Å²) in [5.41, 5.74) is 1.20. The molecule has 37 heteroatoms. The van der Waals surface area contributed by atoms with Crippen LogP contribution in [0.2, 0.25) is 0 Å². The highest BCUT2D eigenvalue weighted by Crippen LogP contribution is 3.18. The summed E-state index contributed by atoms with van der Waals surface area (Å²) in [6, 6.07) is 0. The van der Waals surface area contributed by atoms with Gasteiger partial charge >= 0.3 is 6.16 Å². The number of hydrogen-bond donors (Lipinski definition) is 1. The van der Waals surface area contributed by atoms with Crippen LogP contribution >= 0.6 is 243 Å². The molecule has 0 amide bonds. The molecule has 1 saturated heterocycles. The third-order valence-corrected chi connectivity index (χ3v) is 150. The van der Waals surface area contributed by atoms with Gasteiger partial charge in [-0.15, -0.1) is 134 Å². The minimum atomic E-state index is -1.27. The van der Waals surface area contributed by atoms with Crippen molar-refractivity contribution in [2.24, 2.45) is 17.3 Å². The number of carbonyl (C=O) groups excluding carboxylic acids is 1. The summed E-state index contributed by atoms with van der Waals surface area (Å²) in [5.74, 6) is -0.759. The molecule has 3 aliphatic rings. The van der Waals surface area contributed by atoms with Crippen molar-refractivity contribution >= 4 is 249 Å². The van der Waals surface area contributed by atoms with E-state index < -0.39 is 120 Å². The quantitative estimate of drug-likeness (QED) is 0.0530. The van der Waals surface area contributed by atoms with Gasteiger partial charge in [-0.2, -0.15) is 0 Å². The first-order valence-corrected chi connectivity index (χ1v) is 69.0. The lowest BCUT2D eigenvalue weighted by Gasteiger charge is -2.56. The zero-order chi connectivity index (χ0) is 44.4. The summed E-state index contributed by atoms with van der Waals surface area (Å²) in [4.78, 5) is 13.7. The van der Waals surface area contributed by atoms with E-state index in [1.807, 2.05) is 6.92 Å². The Balaban J connectivity index is 2.31. The second kappa shape index (κ2) is 29.7. The largest absolute Gasteiger partial charge is 0.509 e. The van der Waals surface area contributed by atoms with Crippen LogP contribution in [0, 0.1) is 17.3 Å². The first-order valence-electron chi connectivity index (χ1n) is 16.8. The Hall–Kier alpha value is 11.5. The number of aliphatic hydroxyl groups excluding tert-OH is 1. The topological polar surface area (TPSA) is 83.5 Å². The van der Waals surface area contributed by atoms with Crippen LogP contribution in [0.3, 0.4) is 0 Å². The van der Waals surface area contributed by atoms with Crippen molar-refractivity contribution in [2.75, 3.05) is 6.61 Å². The maximum atomic E-state index is 13.7. The van der Waals surface area contributed by atoms with Crippen molar-refractivity contribution in [1.82, 2.24) is 0 Å². The summed E-state index contributed by atoms with van der Waals surface area (Å²) in [7, 11) is 47.2. The Labute approximate surface area is 402 Å². The van der Waals surface area contributed by atoms with E-state index in [0.29, 0.717) is 33.8 Å². The van der Waals surface area contributed by atoms with Crippen LogP contribution in [0.25, 0.3) is 0 Å². The lowest BCUT2D eigenvalue weighted by molar-refractivity contribution is -0.120. The SMILES string of the molecule is C=C(CCCOP(P(P)P)P(P)P)[C@@]12OC(=O)O[C@@H]1C1C[C@H](OP(P(P)P(P)P)P(P(P)P)P(P)P)C(C)=C([C@@H](OP(P(P)P)P(PP)P(P)P)[C@H](O)[C@H]2C)C1(C)C. The van der Waals surface area contributed by atoms with Crippen molar-refractivity contribution in [3.63, 3.8) is 0 Å². The summed E-state index contributed by atoms with van der Waals surface area (Å²) in [5, 5.41) is 13.1. The van der Waals surface area contributed by atoms with Crippen LogP contribution in [0.15, 0.2) is 23.3 Å². The molecule has 338 valence electrons. The molecule has 2 fully saturated rings. The highest BCUT2D eigenvalue weighted by Gasteiger charge is 2.67. The lowest BCUT2D eigenvalue weighted by atomic mass is 9.54. The van der Waals surface area contributed by atoms with Crippen molar-refractivity contribution in [3.05, 3.63) is 23.3 Å². The van der Waals surface area contributed by atoms with E-state index in [9.17, 15) is 9.90 Å². The highest BCUT2D eigenvalue weighted by molar-refractivity contribution is 9.19. The van der Waals surface area contributed by atoms with E-state index in [4.69, 9.17) is 29.6 Å². The average Bonchev–Trinajstić information content (AvgIpc) is 3.46. The Morgan fingerprint density at radius 3 is 1.86 bits per heavy atom. The van der Waals surface area contributed by atoms with Gasteiger partial charge in [0, 0.05) is 32.8 Å². The van der Waals surface area contributed by atoms with E-state index in [2.05, 4.69) is 164 Å². The van der Waals surface area contributed by atoms with Crippen LogP contribution in [0.1, 0.15) is 47.0 Å². The van der Waals surface area contributed by atoms with Crippen molar-refractivity contribution in [3.8, 4) is 0 Å². The van der Waals surface area contributed by atoms with Gasteiger partial charge in [-0.3, -0.25) is 0 Å². The van der Waals surface area contributed by atoms with Crippen LogP contribution in [-0.2, 0) is 23.0 Å². The zero-order valence-corrected chi connectivity index (χ0v) is 63.6. The second-order valence-corrected chi connectivity index (χ2v) is 121. The molecule has 1 N–H and O–H groups in total. The Kier molecular flexibility index (Phi) is 32.7. The maximum absolute atomic E-state index is 13.7. The molecule has 1 saturated carbocycles. The fourth-order valence-electron chi connectivity index (χ4n) is 7.39. The number of carbonyl (C=O) groups is 1. The number of fused-ring (bicyclic) bond motifs is 4. The van der Waals surface area contributed by atoms with E-state index in [1.54, 1.807) is 0 Å². The van der Waals surface area contributed by atoms with Gasteiger partial charge in [0.25, 0.3) is 0 Å². The number of hydrogen-bond acceptors (Lipinski definition) is 7. The van der Waals surface area contributed by atoms with Crippen LogP contribution in [-0.4, -0.2) is 47.9 Å². The number of rotatable bonds is 21. The maximum Gasteiger partial charge on any atom is 0.509 e. The third-order valence-electron chi connectivity index (χ3n) is 9.92. The normalized spacial score (nSPS) is 30.0. The molecular formula is C21H62O7P30. The Morgan fingerprint density at radius 1 is 0.845 bits per heavy atom. The molecule has 2 aliphatic carbocycles. The van der Waals surface area contributed by atoms with Gasteiger partial charge in [-0.1, -0.05) is 44.2 Å². The van der Waals surface area contributed by atoms with Crippen molar-refractivity contribution in [1.29, 1.82) is 0 Å². The molecule has 0 radical (unpaired) electrons. The molecule has 2 bridgehead atoms. The van der Waals surface area contributed by atoms with E-state index in [-0.39, 0.29) is 26.0 Å². The zero-order valence-electron chi connectivity index (χ0n) is 32.4. The van der Waals surface area contributed by atoms with Crippen LogP contribution < -0.4 is 0 Å². The molecule has 22 unspecified atom stereocenters. The standard InChI is InChI=1S/C21H62O7P30/c1-10(7-6-8-24-46(49(30)31)50(32)33)21-12(3)16(22)17(28-47(51(34)35)57(45-29)53(38)39)15-11(2)14(9-13(20(15,4)5)18(21)25-19(23)26-21)27-48(56(44)52(36)37)58(54(40)41)55(42)43/h12-14,16-18,22,45H,1,6-9,29-44H2,2-5H3/t12-,13?,14+,16-,17-,18-,21+,47?,48?,56?,57?/m1/s1.